The van der Waals surface area contributed by atoms with Gasteiger partial charge < -0.3 is 30.3 Å². The highest BCUT2D eigenvalue weighted by Gasteiger charge is 2.52. The van der Waals surface area contributed by atoms with Crippen molar-refractivity contribution in [2.75, 3.05) is 36.9 Å². The van der Waals surface area contributed by atoms with E-state index in [0.717, 1.165) is 0 Å². The minimum Gasteiger partial charge on any atom is -0.394 e. The van der Waals surface area contributed by atoms with Crippen LogP contribution >= 0.6 is 39.0 Å². The molecular weight excluding hydrogens is 732 g/mol. The number of alkyl halides is 2. The average molecular weight is 763 g/mol. The second kappa shape index (κ2) is 15.9. The molecule has 0 bridgehead atoms. The molecule has 6 heterocycles. The topological polar surface area (TPSA) is 223 Å². The highest BCUT2D eigenvalue weighted by atomic mass is 32.7. The highest BCUT2D eigenvalue weighted by molar-refractivity contribution is 8.39. The minimum absolute atomic E-state index is 0.280. The number of imidazole rings is 2. The second-order valence-corrected chi connectivity index (χ2v) is 14.0. The van der Waals surface area contributed by atoms with Crippen LogP contribution in [0.5, 0.6) is 0 Å². The summed E-state index contributed by atoms with van der Waals surface area (Å²) in [6.07, 6.45) is -1.06. The van der Waals surface area contributed by atoms with Gasteiger partial charge in [0.05, 0.1) is 25.9 Å². The number of nitrogens with one attached hydrogen (secondary N) is 2. The van der Waals surface area contributed by atoms with Gasteiger partial charge in [-0.1, -0.05) is 12.2 Å². The summed E-state index contributed by atoms with van der Waals surface area (Å²) in [7, 11) is -4.85. The Balaban J connectivity index is 1.03. The monoisotopic (exact) mass is 762 g/mol. The van der Waals surface area contributed by atoms with Crippen molar-refractivity contribution in [1.29, 1.82) is 0 Å². The van der Waals surface area contributed by atoms with Crippen molar-refractivity contribution in [1.82, 2.24) is 39.0 Å². The average Bonchev–Trinajstić information content (AvgIpc) is 3.85. The number of ether oxygens (including phenoxy) is 2. The SMILES string of the molecule is O=[P+](S)O[C@@H]1[C@@H](CO)OC(n2cnc3c(NC/C=C/CCNc4ncnc5c4ncn5[C@@H]4O[C@H](CO)[C@@H](O[P+](=O)S)[C@H]4F)ncnc32)[C@@H]1F. The smallest absolute Gasteiger partial charge is 0.394 e. The van der Waals surface area contributed by atoms with Crippen molar-refractivity contribution in [3.63, 3.8) is 0 Å². The number of anilines is 2. The van der Waals surface area contributed by atoms with Crippen LogP contribution in [0.1, 0.15) is 18.9 Å². The van der Waals surface area contributed by atoms with E-state index in [1.54, 1.807) is 0 Å². The number of fused-ring (bicyclic) bond motifs is 2. The van der Waals surface area contributed by atoms with E-state index in [9.17, 15) is 19.3 Å². The van der Waals surface area contributed by atoms with Gasteiger partial charge in [-0.15, -0.1) is 9.05 Å². The van der Waals surface area contributed by atoms with Crippen LogP contribution < -0.4 is 10.6 Å². The van der Waals surface area contributed by atoms with E-state index in [0.29, 0.717) is 42.2 Å². The largest absolute Gasteiger partial charge is 0.582 e. The zero-order valence-corrected chi connectivity index (χ0v) is 28.7. The van der Waals surface area contributed by atoms with Gasteiger partial charge in [-0.2, -0.15) is 0 Å². The van der Waals surface area contributed by atoms with Crippen LogP contribution in [0.3, 0.4) is 0 Å². The van der Waals surface area contributed by atoms with Crippen molar-refractivity contribution < 1.29 is 46.6 Å². The van der Waals surface area contributed by atoms with Crippen molar-refractivity contribution in [2.24, 2.45) is 0 Å². The first-order chi connectivity index (χ1) is 23.7. The standard InChI is InChI=1S/C25H28F2N10O8P2S2/c26-14-18(44-46(40)48)12(6-38)42-24(14)36-10-34-16-20(30-8-32-22(16)36)28-4-2-1-3-5-29-21-17-23(33-9-31-21)37(11-35-17)25-15(27)19(45-47(41)49)13(7-39)43-25/h1-2,8-15,18-19,24-25,38-39H,3-7H2,(H2-2,28,29,30,31,32,33,40,41,48,49)/p+2/b2-1+/t12-,13-,14-,15-,18-,19-,24?,25-/m1/s1. The lowest BCUT2D eigenvalue weighted by molar-refractivity contribution is -0.0427. The Kier molecular flexibility index (Phi) is 11.6. The molecule has 10 atom stereocenters. The van der Waals surface area contributed by atoms with E-state index in [4.69, 9.17) is 18.5 Å². The second-order valence-electron chi connectivity index (χ2n) is 10.7. The number of thiol groups is 2. The van der Waals surface area contributed by atoms with Crippen molar-refractivity contribution in [3.8, 4) is 0 Å². The molecule has 2 fully saturated rings. The molecule has 3 unspecified atom stereocenters. The summed E-state index contributed by atoms with van der Waals surface area (Å²) in [6.45, 7) is -0.261. The Labute approximate surface area is 288 Å². The van der Waals surface area contributed by atoms with E-state index in [2.05, 4.69) is 65.0 Å². The van der Waals surface area contributed by atoms with Gasteiger partial charge in [0.25, 0.3) is 0 Å². The van der Waals surface area contributed by atoms with Gasteiger partial charge >= 0.3 is 14.5 Å². The van der Waals surface area contributed by atoms with Gasteiger partial charge in [0.1, 0.15) is 49.4 Å². The maximum Gasteiger partial charge on any atom is 0.582 e. The molecule has 2 aliphatic rings. The number of aromatic nitrogens is 8. The lowest BCUT2D eigenvalue weighted by Gasteiger charge is -2.15. The third kappa shape index (κ3) is 7.53. The summed E-state index contributed by atoms with van der Waals surface area (Å²) >= 11 is 7.35. The zero-order chi connectivity index (χ0) is 34.7. The fourth-order valence-corrected chi connectivity index (χ4v) is 7.13. The van der Waals surface area contributed by atoms with E-state index in [1.807, 2.05) is 12.2 Å². The molecule has 0 amide bonds. The summed E-state index contributed by atoms with van der Waals surface area (Å²) in [5.74, 6) is 0.810. The number of nitrogens with zero attached hydrogens (tertiary/aromatic N) is 8. The molecule has 49 heavy (non-hydrogen) atoms. The van der Waals surface area contributed by atoms with Crippen LogP contribution in [0.25, 0.3) is 22.3 Å². The quantitative estimate of drug-likeness (QED) is 0.0444. The van der Waals surface area contributed by atoms with Gasteiger partial charge in [0, 0.05) is 13.1 Å². The van der Waals surface area contributed by atoms with Crippen molar-refractivity contribution in [2.45, 2.75) is 55.6 Å². The predicted molar refractivity (Wildman–Crippen MR) is 176 cm³/mol. The number of aliphatic hydroxyl groups excluding tert-OH is 2. The summed E-state index contributed by atoms with van der Waals surface area (Å²) in [4.78, 5) is 25.5. The van der Waals surface area contributed by atoms with Crippen LogP contribution in [-0.2, 0) is 27.7 Å². The fraction of sp³-hybridized carbons (Fsp3) is 0.520. The molecule has 4 aromatic rings. The van der Waals surface area contributed by atoms with E-state index in [1.165, 1.54) is 34.4 Å². The first-order valence-electron chi connectivity index (χ1n) is 14.7. The normalized spacial score (nSPS) is 27.8. The number of hydrogen-bond acceptors (Lipinski definition) is 16. The molecule has 2 saturated heterocycles. The molecule has 4 N–H and O–H groups in total. The molecule has 0 aromatic carbocycles. The third-order valence-electron chi connectivity index (χ3n) is 7.74. The molecule has 262 valence electrons. The molecule has 4 aromatic heterocycles. The molecule has 6 rings (SSSR count). The van der Waals surface area contributed by atoms with Crippen LogP contribution in [-0.4, -0.2) is 112 Å². The highest BCUT2D eigenvalue weighted by Crippen LogP contribution is 2.42. The Hall–Kier alpha value is -3.04. The maximum atomic E-state index is 15.2. The molecule has 24 heteroatoms. The van der Waals surface area contributed by atoms with Crippen LogP contribution in [0.15, 0.2) is 37.5 Å². The van der Waals surface area contributed by atoms with Gasteiger partial charge in [-0.3, -0.25) is 9.13 Å². The lowest BCUT2D eigenvalue weighted by Crippen LogP contribution is -2.31. The van der Waals surface area contributed by atoms with E-state index in [-0.39, 0.29) is 11.3 Å². The summed E-state index contributed by atoms with van der Waals surface area (Å²) in [5.41, 5.74) is 1.30. The lowest BCUT2D eigenvalue weighted by atomic mass is 10.1. The molecule has 0 radical (unpaired) electrons. The third-order valence-corrected chi connectivity index (χ3v) is 9.15. The van der Waals surface area contributed by atoms with Crippen LogP contribution in [0.4, 0.5) is 20.4 Å². The Morgan fingerprint density at radius 2 is 1.29 bits per heavy atom. The van der Waals surface area contributed by atoms with Crippen molar-refractivity contribution in [3.05, 3.63) is 37.5 Å². The number of hydrogen-bond donors (Lipinski definition) is 6. The van der Waals surface area contributed by atoms with Crippen LogP contribution in [0.2, 0.25) is 0 Å². The van der Waals surface area contributed by atoms with E-state index < -0.39 is 76.9 Å². The molecule has 0 aliphatic carbocycles. The number of halogens is 2. The molecule has 0 spiro atoms. The number of rotatable bonds is 15. The van der Waals surface area contributed by atoms with E-state index >= 15 is 8.78 Å². The first kappa shape index (κ1) is 35.8. The summed E-state index contributed by atoms with van der Waals surface area (Å²) < 4.78 is 77.4. The molecular formula is C25H30F2N10O8P2S2+2. The van der Waals surface area contributed by atoms with Crippen LogP contribution in [0, 0.1) is 0 Å². The maximum absolute atomic E-state index is 15.2. The molecule has 18 nitrogen and oxygen atoms in total. The number of aliphatic hydroxyl groups is 2. The van der Waals surface area contributed by atoms with Gasteiger partial charge in [0.15, 0.2) is 71.0 Å². The summed E-state index contributed by atoms with van der Waals surface area (Å²) in [5, 5.41) is 25.5. The van der Waals surface area contributed by atoms with Gasteiger partial charge in [-0.05, 0) is 15.6 Å². The Morgan fingerprint density at radius 3 is 1.76 bits per heavy atom. The minimum atomic E-state index is -2.43. The molecule has 0 saturated carbocycles. The fourth-order valence-electron chi connectivity index (χ4n) is 5.56. The predicted octanol–water partition coefficient (Wildman–Crippen LogP) is 2.84. The Morgan fingerprint density at radius 1 is 0.796 bits per heavy atom. The van der Waals surface area contributed by atoms with Gasteiger partial charge in [-0.25, -0.2) is 38.7 Å². The molecule has 2 aliphatic heterocycles. The summed E-state index contributed by atoms with van der Waals surface area (Å²) in [6, 6.07) is 0. The zero-order valence-electron chi connectivity index (χ0n) is 25.1. The Bertz CT molecular complexity index is 1840. The van der Waals surface area contributed by atoms with Gasteiger partial charge in [0.2, 0.25) is 0 Å². The first-order valence-corrected chi connectivity index (χ1v) is 19.3. The van der Waals surface area contributed by atoms with Crippen molar-refractivity contribution >= 4 is 72.9 Å².